The van der Waals surface area contributed by atoms with E-state index in [1.165, 1.54) is 19.1 Å². The average molecular weight is 281 g/mol. The van der Waals surface area contributed by atoms with Crippen molar-refractivity contribution in [3.05, 3.63) is 29.6 Å². The monoisotopic (exact) mass is 281 g/mol. The molecule has 0 saturated carbocycles. The minimum atomic E-state index is -0.759. The van der Waals surface area contributed by atoms with Crippen LogP contribution in [-0.4, -0.2) is 31.2 Å². The summed E-state index contributed by atoms with van der Waals surface area (Å²) in [6, 6.07) is 3.76. The highest BCUT2D eigenvalue weighted by molar-refractivity contribution is 5.93. The van der Waals surface area contributed by atoms with Crippen LogP contribution in [0.2, 0.25) is 0 Å². The van der Waals surface area contributed by atoms with Gasteiger partial charge < -0.3 is 14.8 Å². The first-order valence-corrected chi connectivity index (χ1v) is 6.42. The van der Waals surface area contributed by atoms with Crippen molar-refractivity contribution in [2.75, 3.05) is 18.5 Å². The molecule has 1 N–H and O–H groups in total. The maximum Gasteiger partial charge on any atom is 0.341 e. The number of nitrogens with one attached hydrogen (secondary N) is 1. The van der Waals surface area contributed by atoms with Gasteiger partial charge in [-0.3, -0.25) is 4.79 Å². The van der Waals surface area contributed by atoms with E-state index in [2.05, 4.69) is 5.32 Å². The van der Waals surface area contributed by atoms with E-state index in [1.54, 1.807) is 0 Å². The molecule has 6 heteroatoms. The molecule has 0 spiro atoms. The first-order valence-electron chi connectivity index (χ1n) is 6.42. The minimum absolute atomic E-state index is 0.111. The Balaban J connectivity index is 2.01. The van der Waals surface area contributed by atoms with Crippen LogP contribution in [0.1, 0.15) is 30.1 Å². The third-order valence-electron chi connectivity index (χ3n) is 2.93. The summed E-state index contributed by atoms with van der Waals surface area (Å²) in [4.78, 5) is 22.8. The van der Waals surface area contributed by atoms with Gasteiger partial charge in [0.15, 0.2) is 0 Å². The standard InChI is InChI=1S/C14H16FNO4/c1-9(17)16-10-4-5-13(15)12(7-10)14(18)20-8-11-3-2-6-19-11/h4-5,7,11H,2-3,6,8H2,1H3,(H,16,17)/t11-/m0/s1. The Morgan fingerprint density at radius 1 is 1.50 bits per heavy atom. The van der Waals surface area contributed by atoms with Crippen molar-refractivity contribution in [3.8, 4) is 0 Å². The molecule has 0 aliphatic carbocycles. The lowest BCUT2D eigenvalue weighted by molar-refractivity contribution is -0.114. The summed E-state index contributed by atoms with van der Waals surface area (Å²) in [5.41, 5.74) is 0.150. The van der Waals surface area contributed by atoms with Crippen molar-refractivity contribution in [3.63, 3.8) is 0 Å². The fraction of sp³-hybridized carbons (Fsp3) is 0.429. The second kappa shape index (κ2) is 6.47. The normalized spacial score (nSPS) is 17.8. The molecule has 0 unspecified atom stereocenters. The van der Waals surface area contributed by atoms with Gasteiger partial charge in [0.1, 0.15) is 12.4 Å². The van der Waals surface area contributed by atoms with Gasteiger partial charge in [0.25, 0.3) is 0 Å². The first kappa shape index (κ1) is 14.5. The topological polar surface area (TPSA) is 64.6 Å². The largest absolute Gasteiger partial charge is 0.459 e. The van der Waals surface area contributed by atoms with Gasteiger partial charge in [-0.1, -0.05) is 0 Å². The van der Waals surface area contributed by atoms with Crippen LogP contribution in [0, 0.1) is 5.82 Å². The second-order valence-corrected chi connectivity index (χ2v) is 4.61. The van der Waals surface area contributed by atoms with Gasteiger partial charge in [0, 0.05) is 19.2 Å². The van der Waals surface area contributed by atoms with Crippen LogP contribution in [0.5, 0.6) is 0 Å². The zero-order chi connectivity index (χ0) is 14.5. The van der Waals surface area contributed by atoms with Gasteiger partial charge in [-0.2, -0.15) is 0 Å². The van der Waals surface area contributed by atoms with Crippen LogP contribution in [0.15, 0.2) is 18.2 Å². The molecule has 0 bridgehead atoms. The predicted molar refractivity (Wildman–Crippen MR) is 70.0 cm³/mol. The van der Waals surface area contributed by atoms with E-state index in [1.807, 2.05) is 0 Å². The van der Waals surface area contributed by atoms with Gasteiger partial charge in [0.2, 0.25) is 5.91 Å². The van der Waals surface area contributed by atoms with Gasteiger partial charge in [0.05, 0.1) is 11.7 Å². The molecular formula is C14H16FNO4. The number of hydrogen-bond donors (Lipinski definition) is 1. The number of halogens is 1. The highest BCUT2D eigenvalue weighted by atomic mass is 19.1. The number of hydrogen-bond acceptors (Lipinski definition) is 4. The molecule has 0 radical (unpaired) electrons. The molecule has 1 fully saturated rings. The highest BCUT2D eigenvalue weighted by Gasteiger charge is 2.20. The lowest BCUT2D eigenvalue weighted by Gasteiger charge is -2.11. The Hall–Kier alpha value is -1.95. The van der Waals surface area contributed by atoms with Crippen LogP contribution in [0.4, 0.5) is 10.1 Å². The molecule has 1 amide bonds. The smallest absolute Gasteiger partial charge is 0.341 e. The molecule has 1 heterocycles. The van der Waals surface area contributed by atoms with Crippen molar-refractivity contribution in [2.45, 2.75) is 25.9 Å². The van der Waals surface area contributed by atoms with Crippen LogP contribution < -0.4 is 5.32 Å². The SMILES string of the molecule is CC(=O)Nc1ccc(F)c(C(=O)OC[C@@H]2CCCO2)c1. The van der Waals surface area contributed by atoms with E-state index in [0.29, 0.717) is 12.3 Å². The van der Waals surface area contributed by atoms with E-state index in [9.17, 15) is 14.0 Å². The van der Waals surface area contributed by atoms with Crippen molar-refractivity contribution in [1.29, 1.82) is 0 Å². The zero-order valence-electron chi connectivity index (χ0n) is 11.1. The van der Waals surface area contributed by atoms with Gasteiger partial charge in [-0.25, -0.2) is 9.18 Å². The number of esters is 1. The number of carbonyl (C=O) groups excluding carboxylic acids is 2. The molecule has 1 aliphatic rings. The van der Waals surface area contributed by atoms with E-state index < -0.39 is 11.8 Å². The number of anilines is 1. The third kappa shape index (κ3) is 3.77. The predicted octanol–water partition coefficient (Wildman–Crippen LogP) is 2.12. The molecule has 2 rings (SSSR count). The first-order chi connectivity index (χ1) is 9.56. The van der Waals surface area contributed by atoms with Gasteiger partial charge in [-0.15, -0.1) is 0 Å². The number of ether oxygens (including phenoxy) is 2. The molecule has 1 aromatic carbocycles. The summed E-state index contributed by atoms with van der Waals surface area (Å²) in [6.45, 7) is 2.11. The zero-order valence-corrected chi connectivity index (χ0v) is 11.1. The van der Waals surface area contributed by atoms with E-state index in [4.69, 9.17) is 9.47 Å². The van der Waals surface area contributed by atoms with Gasteiger partial charge >= 0.3 is 5.97 Å². The fourth-order valence-electron chi connectivity index (χ4n) is 1.98. The molecule has 0 aromatic heterocycles. The quantitative estimate of drug-likeness (QED) is 0.859. The van der Waals surface area contributed by atoms with Crippen molar-refractivity contribution in [2.24, 2.45) is 0 Å². The summed E-state index contributed by atoms with van der Waals surface area (Å²) in [7, 11) is 0. The van der Waals surface area contributed by atoms with Crippen molar-refractivity contribution >= 4 is 17.6 Å². The molecule has 1 aromatic rings. The van der Waals surface area contributed by atoms with E-state index in [0.717, 1.165) is 18.9 Å². The number of benzene rings is 1. The molecule has 5 nitrogen and oxygen atoms in total. The number of rotatable bonds is 4. The average Bonchev–Trinajstić information content (AvgIpc) is 2.91. The van der Waals surface area contributed by atoms with Crippen LogP contribution in [0.25, 0.3) is 0 Å². The third-order valence-corrected chi connectivity index (χ3v) is 2.93. The van der Waals surface area contributed by atoms with Crippen LogP contribution in [-0.2, 0) is 14.3 Å². The Bertz CT molecular complexity index is 512. The molecule has 1 aliphatic heterocycles. The maximum absolute atomic E-state index is 13.6. The Labute approximate surface area is 116 Å². The molecule has 1 atom stereocenters. The highest BCUT2D eigenvalue weighted by Crippen LogP contribution is 2.17. The molecule has 1 saturated heterocycles. The Kier molecular flexibility index (Phi) is 4.68. The molecule has 108 valence electrons. The van der Waals surface area contributed by atoms with Crippen LogP contribution >= 0.6 is 0 Å². The summed E-state index contributed by atoms with van der Waals surface area (Å²) < 4.78 is 24.0. The van der Waals surface area contributed by atoms with E-state index >= 15 is 0 Å². The minimum Gasteiger partial charge on any atom is -0.459 e. The Morgan fingerprint density at radius 2 is 2.30 bits per heavy atom. The summed E-state index contributed by atoms with van der Waals surface area (Å²) in [6.07, 6.45) is 1.66. The summed E-state index contributed by atoms with van der Waals surface area (Å²) in [5.74, 6) is -1.74. The van der Waals surface area contributed by atoms with E-state index in [-0.39, 0.29) is 24.2 Å². The number of amides is 1. The van der Waals surface area contributed by atoms with Crippen molar-refractivity contribution in [1.82, 2.24) is 0 Å². The van der Waals surface area contributed by atoms with Crippen molar-refractivity contribution < 1.29 is 23.5 Å². The lowest BCUT2D eigenvalue weighted by Crippen LogP contribution is -2.18. The molecule has 20 heavy (non-hydrogen) atoms. The number of carbonyl (C=O) groups is 2. The Morgan fingerprint density at radius 3 is 2.95 bits per heavy atom. The summed E-state index contributed by atoms with van der Waals surface area (Å²) >= 11 is 0. The summed E-state index contributed by atoms with van der Waals surface area (Å²) in [5, 5.41) is 2.49. The fourth-order valence-corrected chi connectivity index (χ4v) is 1.98. The molecular weight excluding hydrogens is 265 g/mol. The lowest BCUT2D eigenvalue weighted by atomic mass is 10.2. The maximum atomic E-state index is 13.6. The second-order valence-electron chi connectivity index (χ2n) is 4.61. The van der Waals surface area contributed by atoms with Crippen LogP contribution in [0.3, 0.4) is 0 Å². The van der Waals surface area contributed by atoms with Gasteiger partial charge in [-0.05, 0) is 31.0 Å².